The average Bonchev–Trinajstić information content (AvgIpc) is 2.55. The number of aryl methyl sites for hydroxylation is 1. The van der Waals surface area contributed by atoms with Gasteiger partial charge in [0, 0.05) is 6.04 Å². The van der Waals surface area contributed by atoms with Gasteiger partial charge in [0.1, 0.15) is 5.75 Å². The van der Waals surface area contributed by atoms with E-state index in [0.29, 0.717) is 6.04 Å². The van der Waals surface area contributed by atoms with Crippen molar-refractivity contribution in [3.8, 4) is 5.75 Å². The number of hydrogen-bond donors (Lipinski definition) is 1. The van der Waals surface area contributed by atoms with Gasteiger partial charge in [-0.05, 0) is 49.6 Å². The van der Waals surface area contributed by atoms with Crippen LogP contribution in [-0.4, -0.2) is 19.7 Å². The first kappa shape index (κ1) is 15.6. The molecular formula is C19H25NO. The van der Waals surface area contributed by atoms with Gasteiger partial charge in [-0.2, -0.15) is 0 Å². The van der Waals surface area contributed by atoms with Crippen LogP contribution in [0.2, 0.25) is 0 Å². The summed E-state index contributed by atoms with van der Waals surface area (Å²) >= 11 is 0. The Bertz CT molecular complexity index is 507. The van der Waals surface area contributed by atoms with E-state index < -0.39 is 0 Å². The van der Waals surface area contributed by atoms with Crippen LogP contribution in [-0.2, 0) is 12.8 Å². The van der Waals surface area contributed by atoms with Gasteiger partial charge >= 0.3 is 0 Å². The summed E-state index contributed by atoms with van der Waals surface area (Å²) in [7, 11) is 2.02. The van der Waals surface area contributed by atoms with Gasteiger partial charge in [-0.1, -0.05) is 49.4 Å². The molecule has 1 unspecified atom stereocenters. The van der Waals surface area contributed by atoms with Gasteiger partial charge in [-0.3, -0.25) is 0 Å². The van der Waals surface area contributed by atoms with Crippen molar-refractivity contribution in [1.29, 1.82) is 0 Å². The minimum atomic E-state index is 0.446. The molecule has 1 atom stereocenters. The molecule has 0 heterocycles. The maximum absolute atomic E-state index is 5.77. The van der Waals surface area contributed by atoms with E-state index in [4.69, 9.17) is 4.74 Å². The van der Waals surface area contributed by atoms with E-state index in [1.54, 1.807) is 0 Å². The third-order valence-electron chi connectivity index (χ3n) is 3.80. The maximum Gasteiger partial charge on any atom is 0.119 e. The van der Waals surface area contributed by atoms with Gasteiger partial charge in [-0.25, -0.2) is 0 Å². The Kier molecular flexibility index (Phi) is 6.29. The smallest absolute Gasteiger partial charge is 0.119 e. The molecule has 112 valence electrons. The molecule has 0 aliphatic carbocycles. The Morgan fingerprint density at radius 1 is 0.952 bits per heavy atom. The molecule has 0 bridgehead atoms. The van der Waals surface area contributed by atoms with Gasteiger partial charge in [0.15, 0.2) is 0 Å². The second-order valence-electron chi connectivity index (χ2n) is 5.31. The molecule has 0 aliphatic rings. The molecule has 0 amide bonds. The fraction of sp³-hybridized carbons (Fsp3) is 0.368. The van der Waals surface area contributed by atoms with Crippen molar-refractivity contribution in [3.05, 3.63) is 65.7 Å². The van der Waals surface area contributed by atoms with E-state index in [2.05, 4.69) is 36.5 Å². The SMILES string of the molecule is CCc1ccc(CC(CCOc2ccccc2)NC)cc1. The molecule has 2 aromatic rings. The summed E-state index contributed by atoms with van der Waals surface area (Å²) in [4.78, 5) is 0. The highest BCUT2D eigenvalue weighted by Gasteiger charge is 2.07. The third kappa shape index (κ3) is 5.24. The summed E-state index contributed by atoms with van der Waals surface area (Å²) in [6.07, 6.45) is 3.14. The highest BCUT2D eigenvalue weighted by Crippen LogP contribution is 2.11. The van der Waals surface area contributed by atoms with E-state index in [9.17, 15) is 0 Å². The number of ether oxygens (including phenoxy) is 1. The van der Waals surface area contributed by atoms with Crippen LogP contribution in [0.15, 0.2) is 54.6 Å². The van der Waals surface area contributed by atoms with Crippen molar-refractivity contribution < 1.29 is 4.74 Å². The second-order valence-corrected chi connectivity index (χ2v) is 5.31. The summed E-state index contributed by atoms with van der Waals surface area (Å²) in [5.74, 6) is 0.944. The number of benzene rings is 2. The highest BCUT2D eigenvalue weighted by atomic mass is 16.5. The molecule has 1 N–H and O–H groups in total. The zero-order chi connectivity index (χ0) is 14.9. The molecule has 0 saturated carbocycles. The molecule has 0 fully saturated rings. The molecule has 0 spiro atoms. The number of nitrogens with one attached hydrogen (secondary N) is 1. The topological polar surface area (TPSA) is 21.3 Å². The Morgan fingerprint density at radius 3 is 2.24 bits per heavy atom. The lowest BCUT2D eigenvalue weighted by molar-refractivity contribution is 0.288. The third-order valence-corrected chi connectivity index (χ3v) is 3.80. The van der Waals surface area contributed by atoms with E-state index in [1.165, 1.54) is 11.1 Å². The molecule has 2 aromatic carbocycles. The van der Waals surface area contributed by atoms with Crippen LogP contribution in [0.5, 0.6) is 5.75 Å². The molecule has 0 aliphatic heterocycles. The van der Waals surface area contributed by atoms with Gasteiger partial charge in [-0.15, -0.1) is 0 Å². The maximum atomic E-state index is 5.77. The summed E-state index contributed by atoms with van der Waals surface area (Å²) < 4.78 is 5.77. The van der Waals surface area contributed by atoms with E-state index >= 15 is 0 Å². The van der Waals surface area contributed by atoms with Crippen LogP contribution in [0, 0.1) is 0 Å². The molecule has 0 saturated heterocycles. The molecule has 0 radical (unpaired) electrons. The minimum Gasteiger partial charge on any atom is -0.494 e. The largest absolute Gasteiger partial charge is 0.494 e. The second kappa shape index (κ2) is 8.48. The van der Waals surface area contributed by atoms with Crippen molar-refractivity contribution >= 4 is 0 Å². The van der Waals surface area contributed by atoms with Crippen molar-refractivity contribution in [1.82, 2.24) is 5.32 Å². The molecule has 2 nitrogen and oxygen atoms in total. The van der Waals surface area contributed by atoms with E-state index in [-0.39, 0.29) is 0 Å². The number of rotatable bonds is 8. The van der Waals surface area contributed by atoms with E-state index in [0.717, 1.165) is 31.6 Å². The van der Waals surface area contributed by atoms with Crippen molar-refractivity contribution in [3.63, 3.8) is 0 Å². The van der Waals surface area contributed by atoms with E-state index in [1.807, 2.05) is 37.4 Å². The highest BCUT2D eigenvalue weighted by molar-refractivity contribution is 5.23. The zero-order valence-electron chi connectivity index (χ0n) is 13.0. The van der Waals surface area contributed by atoms with Crippen LogP contribution < -0.4 is 10.1 Å². The standard InChI is InChI=1S/C19H25NO/c1-3-16-9-11-17(12-10-16)15-18(20-2)13-14-21-19-7-5-4-6-8-19/h4-12,18,20H,3,13-15H2,1-2H3. The summed E-state index contributed by atoms with van der Waals surface area (Å²) in [5.41, 5.74) is 2.78. The Labute approximate surface area is 128 Å². The zero-order valence-corrected chi connectivity index (χ0v) is 13.0. The number of hydrogen-bond acceptors (Lipinski definition) is 2. The van der Waals surface area contributed by atoms with Crippen LogP contribution in [0.3, 0.4) is 0 Å². The molecule has 2 rings (SSSR count). The lowest BCUT2D eigenvalue weighted by Gasteiger charge is -2.17. The average molecular weight is 283 g/mol. The molecule has 2 heteroatoms. The summed E-state index contributed by atoms with van der Waals surface area (Å²) in [5, 5.41) is 3.39. The quantitative estimate of drug-likeness (QED) is 0.794. The van der Waals surface area contributed by atoms with Crippen molar-refractivity contribution in [2.75, 3.05) is 13.7 Å². The van der Waals surface area contributed by atoms with Crippen LogP contribution in [0.4, 0.5) is 0 Å². The minimum absolute atomic E-state index is 0.446. The van der Waals surface area contributed by atoms with Crippen molar-refractivity contribution in [2.45, 2.75) is 32.2 Å². The number of likely N-dealkylation sites (N-methyl/N-ethyl adjacent to an activating group) is 1. The molecule has 21 heavy (non-hydrogen) atoms. The van der Waals surface area contributed by atoms with Gasteiger partial charge in [0.2, 0.25) is 0 Å². The first-order chi connectivity index (χ1) is 10.3. The van der Waals surface area contributed by atoms with Gasteiger partial charge in [0.25, 0.3) is 0 Å². The predicted octanol–water partition coefficient (Wildman–Crippen LogP) is 3.85. The lowest BCUT2D eigenvalue weighted by Crippen LogP contribution is -2.29. The monoisotopic (exact) mass is 283 g/mol. The van der Waals surface area contributed by atoms with Crippen LogP contribution in [0.25, 0.3) is 0 Å². The van der Waals surface area contributed by atoms with Crippen LogP contribution in [0.1, 0.15) is 24.5 Å². The van der Waals surface area contributed by atoms with Crippen LogP contribution >= 0.6 is 0 Å². The Balaban J connectivity index is 1.79. The fourth-order valence-electron chi connectivity index (χ4n) is 2.38. The first-order valence-corrected chi connectivity index (χ1v) is 7.74. The molecular weight excluding hydrogens is 258 g/mol. The first-order valence-electron chi connectivity index (χ1n) is 7.74. The Hall–Kier alpha value is -1.80. The van der Waals surface area contributed by atoms with Gasteiger partial charge < -0.3 is 10.1 Å². The normalized spacial score (nSPS) is 12.1. The molecule has 0 aromatic heterocycles. The lowest BCUT2D eigenvalue weighted by atomic mass is 10.0. The van der Waals surface area contributed by atoms with Gasteiger partial charge in [0.05, 0.1) is 6.61 Å². The fourth-order valence-corrected chi connectivity index (χ4v) is 2.38. The number of para-hydroxylation sites is 1. The summed E-state index contributed by atoms with van der Waals surface area (Å²) in [6.45, 7) is 2.93. The Morgan fingerprint density at radius 2 is 1.62 bits per heavy atom. The predicted molar refractivity (Wildman–Crippen MR) is 88.9 cm³/mol. The summed E-state index contributed by atoms with van der Waals surface area (Å²) in [6, 6.07) is 19.4. The van der Waals surface area contributed by atoms with Crippen molar-refractivity contribution in [2.24, 2.45) is 0 Å².